The van der Waals surface area contributed by atoms with E-state index in [-0.39, 0.29) is 11.8 Å². The SMILES string of the molecule is COc1cccc(NC(=O)c2cccc3ccccc23)c1C(=O)NCC1CCC1.COc1cccc2nc(-c3cccc4ccccc34)oc(=O)c12. The molecule has 0 radical (unpaired) electrons. The Morgan fingerprint density at radius 1 is 0.731 bits per heavy atom. The average molecular weight is 692 g/mol. The molecule has 0 bridgehead atoms. The summed E-state index contributed by atoms with van der Waals surface area (Å²) < 4.78 is 16.1. The van der Waals surface area contributed by atoms with Gasteiger partial charge in [-0.3, -0.25) is 9.59 Å². The monoisotopic (exact) mass is 691 g/mol. The predicted octanol–water partition coefficient (Wildman–Crippen LogP) is 8.65. The minimum Gasteiger partial charge on any atom is -0.496 e. The van der Waals surface area contributed by atoms with Crippen LogP contribution in [0.2, 0.25) is 0 Å². The first-order chi connectivity index (χ1) is 25.4. The average Bonchev–Trinajstić information content (AvgIpc) is 3.16. The topological polar surface area (TPSA) is 120 Å². The third-order valence-electron chi connectivity index (χ3n) is 9.39. The molecule has 0 atom stereocenters. The number of carbonyl (C=O) groups is 2. The van der Waals surface area contributed by atoms with E-state index in [1.54, 1.807) is 42.5 Å². The summed E-state index contributed by atoms with van der Waals surface area (Å²) in [5.41, 5.74) is 2.26. The Morgan fingerprint density at radius 3 is 2.10 bits per heavy atom. The van der Waals surface area contributed by atoms with Gasteiger partial charge in [-0.05, 0) is 76.7 Å². The van der Waals surface area contributed by atoms with Crippen LogP contribution in [0.5, 0.6) is 11.5 Å². The molecule has 1 aromatic heterocycles. The Hall–Kier alpha value is -6.48. The van der Waals surface area contributed by atoms with Crippen molar-refractivity contribution >= 4 is 49.9 Å². The zero-order chi connectivity index (χ0) is 36.0. The summed E-state index contributed by atoms with van der Waals surface area (Å²) in [7, 11) is 3.04. The predicted molar refractivity (Wildman–Crippen MR) is 204 cm³/mol. The number of methoxy groups -OCH3 is 2. The molecule has 1 aliphatic rings. The van der Waals surface area contributed by atoms with Gasteiger partial charge in [-0.2, -0.15) is 0 Å². The van der Waals surface area contributed by atoms with Crippen molar-refractivity contribution in [2.24, 2.45) is 5.92 Å². The quantitative estimate of drug-likeness (QED) is 0.164. The third-order valence-corrected chi connectivity index (χ3v) is 9.39. The largest absolute Gasteiger partial charge is 0.496 e. The number of nitrogens with zero attached hydrogens (tertiary/aromatic N) is 1. The van der Waals surface area contributed by atoms with E-state index in [1.165, 1.54) is 20.6 Å². The third kappa shape index (κ3) is 6.93. The molecule has 0 spiro atoms. The van der Waals surface area contributed by atoms with Crippen LogP contribution >= 0.6 is 0 Å². The van der Waals surface area contributed by atoms with Gasteiger partial charge < -0.3 is 24.5 Å². The molecule has 1 heterocycles. The number of benzene rings is 6. The highest BCUT2D eigenvalue weighted by Crippen LogP contribution is 2.31. The number of hydrogen-bond acceptors (Lipinski definition) is 7. The summed E-state index contributed by atoms with van der Waals surface area (Å²) in [4.78, 5) is 42.8. The second kappa shape index (κ2) is 15.2. The summed E-state index contributed by atoms with van der Waals surface area (Å²) >= 11 is 0. The summed E-state index contributed by atoms with van der Waals surface area (Å²) in [6, 6.07) is 37.6. The second-order valence-corrected chi connectivity index (χ2v) is 12.6. The number of anilines is 1. The number of hydrogen-bond donors (Lipinski definition) is 2. The number of ether oxygens (including phenoxy) is 2. The van der Waals surface area contributed by atoms with Crippen LogP contribution in [0.1, 0.15) is 40.0 Å². The molecule has 0 aliphatic heterocycles. The highest BCUT2D eigenvalue weighted by atomic mass is 16.5. The van der Waals surface area contributed by atoms with E-state index in [2.05, 4.69) is 15.6 Å². The zero-order valence-corrected chi connectivity index (χ0v) is 28.8. The van der Waals surface area contributed by atoms with Gasteiger partial charge in [0.15, 0.2) is 0 Å². The lowest BCUT2D eigenvalue weighted by atomic mass is 9.85. The van der Waals surface area contributed by atoms with Crippen molar-refractivity contribution < 1.29 is 23.5 Å². The van der Waals surface area contributed by atoms with E-state index in [1.807, 2.05) is 78.9 Å². The van der Waals surface area contributed by atoms with Crippen LogP contribution in [0.25, 0.3) is 43.9 Å². The van der Waals surface area contributed by atoms with Gasteiger partial charge in [-0.15, -0.1) is 0 Å². The van der Waals surface area contributed by atoms with E-state index in [0.29, 0.717) is 57.6 Å². The maximum atomic E-state index is 13.0. The Kier molecular flexibility index (Phi) is 9.93. The van der Waals surface area contributed by atoms with Crippen molar-refractivity contribution in [1.29, 1.82) is 0 Å². The minimum absolute atomic E-state index is 0.234. The molecule has 0 unspecified atom stereocenters. The highest BCUT2D eigenvalue weighted by molar-refractivity contribution is 6.15. The van der Waals surface area contributed by atoms with Crippen molar-refractivity contribution in [3.05, 3.63) is 143 Å². The molecule has 52 heavy (non-hydrogen) atoms. The van der Waals surface area contributed by atoms with Gasteiger partial charge in [-0.1, -0.05) is 91.3 Å². The minimum atomic E-state index is -0.449. The lowest BCUT2D eigenvalue weighted by Gasteiger charge is -2.25. The number of nitrogens with one attached hydrogen (secondary N) is 2. The van der Waals surface area contributed by atoms with Gasteiger partial charge in [0.2, 0.25) is 5.89 Å². The standard InChI is InChI=1S/C24H24N2O3.C19H13NO3/c1-29-21-14-6-13-20(22(21)24(28)25-15-16-7-4-8-16)26-23(27)19-12-5-10-17-9-2-3-11-18(17)19;1-22-16-11-5-10-15-17(16)19(21)23-18(20-15)14-9-4-7-12-6-2-3-8-13(12)14/h2-3,5-6,9-14,16H,4,7-8,15H2,1H3,(H,25,28)(H,26,27);2-11H,1H3. The number of aromatic nitrogens is 1. The Bertz CT molecular complexity index is 2480. The Labute approximate surface area is 300 Å². The van der Waals surface area contributed by atoms with E-state index >= 15 is 0 Å². The molecule has 9 heteroatoms. The van der Waals surface area contributed by atoms with Crippen LogP contribution in [-0.2, 0) is 0 Å². The maximum absolute atomic E-state index is 13.0. The van der Waals surface area contributed by atoms with Crippen molar-refractivity contribution in [1.82, 2.24) is 10.3 Å². The summed E-state index contributed by atoms with van der Waals surface area (Å²) in [6.45, 7) is 0.646. The smallest absolute Gasteiger partial charge is 0.350 e. The van der Waals surface area contributed by atoms with Crippen LogP contribution in [0.15, 0.2) is 131 Å². The van der Waals surface area contributed by atoms with Crippen LogP contribution in [0.4, 0.5) is 5.69 Å². The van der Waals surface area contributed by atoms with E-state index in [9.17, 15) is 14.4 Å². The second-order valence-electron chi connectivity index (χ2n) is 12.6. The van der Waals surface area contributed by atoms with E-state index in [0.717, 1.165) is 39.9 Å². The fraction of sp³-hybridized carbons (Fsp3) is 0.163. The maximum Gasteiger partial charge on any atom is 0.350 e. The first-order valence-electron chi connectivity index (χ1n) is 17.2. The fourth-order valence-electron chi connectivity index (χ4n) is 6.46. The normalized spacial score (nSPS) is 12.4. The molecule has 2 amide bonds. The van der Waals surface area contributed by atoms with E-state index < -0.39 is 5.63 Å². The lowest BCUT2D eigenvalue weighted by molar-refractivity contribution is 0.0937. The fourth-order valence-corrected chi connectivity index (χ4v) is 6.46. The molecule has 260 valence electrons. The first kappa shape index (κ1) is 34.0. The highest BCUT2D eigenvalue weighted by Gasteiger charge is 2.23. The van der Waals surface area contributed by atoms with Gasteiger partial charge in [0.05, 0.1) is 25.4 Å². The number of amides is 2. The molecule has 7 aromatic rings. The van der Waals surface area contributed by atoms with Gasteiger partial charge in [0, 0.05) is 17.7 Å². The molecular weight excluding hydrogens is 654 g/mol. The van der Waals surface area contributed by atoms with Gasteiger partial charge in [-0.25, -0.2) is 9.78 Å². The first-order valence-corrected chi connectivity index (χ1v) is 17.2. The molecule has 1 saturated carbocycles. The van der Waals surface area contributed by atoms with Crippen LogP contribution < -0.4 is 25.7 Å². The van der Waals surface area contributed by atoms with Crippen molar-refractivity contribution in [3.8, 4) is 23.0 Å². The zero-order valence-electron chi connectivity index (χ0n) is 28.8. The molecule has 6 aromatic carbocycles. The summed E-state index contributed by atoms with van der Waals surface area (Å²) in [5, 5.41) is 10.2. The molecule has 9 nitrogen and oxygen atoms in total. The van der Waals surface area contributed by atoms with Crippen molar-refractivity contribution in [3.63, 3.8) is 0 Å². The molecular formula is C43H37N3O6. The lowest BCUT2D eigenvalue weighted by Crippen LogP contribution is -2.33. The number of fused-ring (bicyclic) bond motifs is 3. The molecule has 1 aliphatic carbocycles. The van der Waals surface area contributed by atoms with E-state index in [4.69, 9.17) is 13.9 Å². The van der Waals surface area contributed by atoms with Crippen LogP contribution in [0, 0.1) is 5.92 Å². The van der Waals surface area contributed by atoms with Crippen LogP contribution in [0.3, 0.4) is 0 Å². The number of rotatable bonds is 8. The molecule has 0 saturated heterocycles. The molecule has 8 rings (SSSR count). The van der Waals surface area contributed by atoms with Gasteiger partial charge >= 0.3 is 5.63 Å². The van der Waals surface area contributed by atoms with Gasteiger partial charge in [0.25, 0.3) is 11.8 Å². The molecule has 2 N–H and O–H groups in total. The molecule has 1 fully saturated rings. The van der Waals surface area contributed by atoms with Crippen LogP contribution in [-0.4, -0.2) is 37.6 Å². The summed E-state index contributed by atoms with van der Waals surface area (Å²) in [5.74, 6) is 1.26. The summed E-state index contributed by atoms with van der Waals surface area (Å²) in [6.07, 6.45) is 3.52. The van der Waals surface area contributed by atoms with Crippen molar-refractivity contribution in [2.45, 2.75) is 19.3 Å². The Morgan fingerprint density at radius 2 is 1.37 bits per heavy atom. The van der Waals surface area contributed by atoms with Gasteiger partial charge in [0.1, 0.15) is 22.4 Å². The van der Waals surface area contributed by atoms with Crippen molar-refractivity contribution in [2.75, 3.05) is 26.1 Å². The Balaban J connectivity index is 0.000000166. The number of carbonyl (C=O) groups excluding carboxylic acids is 2.